The van der Waals surface area contributed by atoms with Crippen molar-refractivity contribution in [3.8, 4) is 0 Å². The Morgan fingerprint density at radius 1 is 0.974 bits per heavy atom. The minimum atomic E-state index is -0.766. The average molecular weight is 518 g/mol. The topological polar surface area (TPSA) is 81.7 Å². The number of amides is 2. The quantitative estimate of drug-likeness (QED) is 0.328. The zero-order valence-electron chi connectivity index (χ0n) is 21.8. The van der Waals surface area contributed by atoms with Crippen LogP contribution < -0.4 is 10.6 Å². The average Bonchev–Trinajstić information content (AvgIpc) is 2.91. The third-order valence-corrected chi connectivity index (χ3v) is 7.20. The van der Waals surface area contributed by atoms with Gasteiger partial charge in [-0.05, 0) is 87.0 Å². The number of piperidine rings is 1. The first-order valence-electron chi connectivity index (χ1n) is 13.2. The number of Topliss-reactive ketones (excluding diaryl/α,β-unsaturated/α-hetero) is 1. The smallest absolute Gasteiger partial charge is 0.319 e. The van der Waals surface area contributed by atoms with E-state index >= 15 is 0 Å². The number of carbonyl (C=O) groups is 2. The summed E-state index contributed by atoms with van der Waals surface area (Å²) in [7, 11) is 0. The minimum absolute atomic E-state index is 0.0760. The zero-order valence-corrected chi connectivity index (χ0v) is 21.8. The van der Waals surface area contributed by atoms with E-state index in [-0.39, 0.29) is 11.6 Å². The monoisotopic (exact) mass is 517 g/mol. The van der Waals surface area contributed by atoms with Gasteiger partial charge in [-0.3, -0.25) is 4.79 Å². The van der Waals surface area contributed by atoms with Crippen LogP contribution in [0, 0.1) is 11.7 Å². The van der Waals surface area contributed by atoms with Gasteiger partial charge in [0.1, 0.15) is 5.82 Å². The lowest BCUT2D eigenvalue weighted by Crippen LogP contribution is -2.51. The van der Waals surface area contributed by atoms with Crippen LogP contribution >= 0.6 is 0 Å². The maximum absolute atomic E-state index is 13.2. The van der Waals surface area contributed by atoms with Gasteiger partial charge in [0.2, 0.25) is 0 Å². The zero-order chi connectivity index (χ0) is 26.9. The molecule has 3 aromatic carbocycles. The van der Waals surface area contributed by atoms with Gasteiger partial charge in [-0.1, -0.05) is 54.6 Å². The molecule has 1 saturated heterocycles. The molecule has 2 unspecified atom stereocenters. The number of hydrogen-bond acceptors (Lipinski definition) is 4. The molecule has 2 atom stereocenters. The molecular weight excluding hydrogens is 481 g/mol. The van der Waals surface area contributed by atoms with Crippen LogP contribution in [-0.4, -0.2) is 53.6 Å². The van der Waals surface area contributed by atoms with Crippen molar-refractivity contribution in [2.45, 2.75) is 44.8 Å². The molecule has 38 heavy (non-hydrogen) atoms. The third kappa shape index (κ3) is 8.23. The molecule has 1 heterocycles. The number of aliphatic hydroxyl groups is 1. The molecule has 1 fully saturated rings. The van der Waals surface area contributed by atoms with Crippen LogP contribution in [0.3, 0.4) is 0 Å². The van der Waals surface area contributed by atoms with E-state index in [4.69, 9.17) is 0 Å². The van der Waals surface area contributed by atoms with E-state index in [1.165, 1.54) is 19.1 Å². The highest BCUT2D eigenvalue weighted by Crippen LogP contribution is 2.22. The van der Waals surface area contributed by atoms with E-state index in [2.05, 4.69) is 15.5 Å². The molecule has 3 N–H and O–H groups in total. The number of likely N-dealkylation sites (tertiary alicyclic amines) is 1. The largest absolute Gasteiger partial charge is 0.390 e. The number of urea groups is 1. The Bertz CT molecular complexity index is 1190. The molecule has 0 saturated carbocycles. The minimum Gasteiger partial charge on any atom is -0.390 e. The summed E-state index contributed by atoms with van der Waals surface area (Å²) in [5.41, 5.74) is 3.21. The Kier molecular flexibility index (Phi) is 9.62. The lowest BCUT2D eigenvalue weighted by Gasteiger charge is -2.35. The first kappa shape index (κ1) is 27.5. The molecule has 0 aliphatic carbocycles. The lowest BCUT2D eigenvalue weighted by molar-refractivity contribution is 0.0659. The van der Waals surface area contributed by atoms with Gasteiger partial charge >= 0.3 is 6.03 Å². The normalized spacial score (nSPS) is 16.0. The van der Waals surface area contributed by atoms with Gasteiger partial charge in [0.05, 0.1) is 12.1 Å². The number of carbonyl (C=O) groups excluding carboxylic acids is 2. The van der Waals surface area contributed by atoms with Crippen LogP contribution in [0.15, 0.2) is 78.9 Å². The molecule has 4 rings (SSSR count). The Morgan fingerprint density at radius 2 is 1.68 bits per heavy atom. The number of β-amino-alcohol motifs (C(OH)–C–C–N with tert-alkyl or cyclic N) is 1. The molecule has 0 aromatic heterocycles. The highest BCUT2D eigenvalue weighted by atomic mass is 19.1. The fourth-order valence-corrected chi connectivity index (χ4v) is 5.02. The van der Waals surface area contributed by atoms with Crippen LogP contribution in [0.1, 0.15) is 41.3 Å². The summed E-state index contributed by atoms with van der Waals surface area (Å²) < 4.78 is 13.2. The van der Waals surface area contributed by atoms with Crippen LogP contribution in [0.4, 0.5) is 14.9 Å². The molecule has 2 amide bonds. The highest BCUT2D eigenvalue weighted by Gasteiger charge is 2.27. The molecule has 0 bridgehead atoms. The standard InChI is InChI=1S/C31H36FN3O3/c1-22(36)26-8-5-9-28(20-26)33-31(38)34-29(19-23-6-3-2-4-7-23)30(37)21-35-16-14-25(15-17-35)18-24-10-12-27(32)13-11-24/h2-13,20,25,29-30,37H,14-19,21H2,1H3,(H2,33,34,38). The molecule has 1 aliphatic heterocycles. The van der Waals surface area contributed by atoms with Gasteiger partial charge < -0.3 is 20.6 Å². The Labute approximate surface area is 223 Å². The number of aliphatic hydroxyl groups excluding tert-OH is 1. The molecule has 6 nitrogen and oxygen atoms in total. The third-order valence-electron chi connectivity index (χ3n) is 7.20. The maximum atomic E-state index is 13.2. The number of halogens is 1. The second-order valence-electron chi connectivity index (χ2n) is 10.2. The number of anilines is 1. The van der Waals surface area contributed by atoms with E-state index in [0.29, 0.717) is 30.1 Å². The van der Waals surface area contributed by atoms with Gasteiger partial charge in [0.25, 0.3) is 0 Å². The van der Waals surface area contributed by atoms with Crippen LogP contribution in [0.25, 0.3) is 0 Å². The predicted molar refractivity (Wildman–Crippen MR) is 148 cm³/mol. The summed E-state index contributed by atoms with van der Waals surface area (Å²) in [6, 6.07) is 22.4. The summed E-state index contributed by atoms with van der Waals surface area (Å²) >= 11 is 0. The summed E-state index contributed by atoms with van der Waals surface area (Å²) in [6.07, 6.45) is 2.67. The molecule has 200 valence electrons. The van der Waals surface area contributed by atoms with Crippen molar-refractivity contribution < 1.29 is 19.1 Å². The van der Waals surface area contributed by atoms with Gasteiger partial charge in [0, 0.05) is 17.8 Å². The van der Waals surface area contributed by atoms with Gasteiger partial charge in [0.15, 0.2) is 5.78 Å². The van der Waals surface area contributed by atoms with Crippen molar-refractivity contribution >= 4 is 17.5 Å². The fraction of sp³-hybridized carbons (Fsp3) is 0.355. The first-order chi connectivity index (χ1) is 18.4. The van der Waals surface area contributed by atoms with E-state index in [0.717, 1.165) is 43.5 Å². The first-order valence-corrected chi connectivity index (χ1v) is 13.2. The molecule has 3 aromatic rings. The Hall–Kier alpha value is -3.55. The van der Waals surface area contributed by atoms with Crippen molar-refractivity contribution in [2.75, 3.05) is 25.0 Å². The van der Waals surface area contributed by atoms with Crippen LogP contribution in [0.2, 0.25) is 0 Å². The predicted octanol–water partition coefficient (Wildman–Crippen LogP) is 5.08. The lowest BCUT2D eigenvalue weighted by atomic mass is 9.90. The number of nitrogens with one attached hydrogen (secondary N) is 2. The fourth-order valence-electron chi connectivity index (χ4n) is 5.02. The van der Waals surface area contributed by atoms with Crippen LogP contribution in [0.5, 0.6) is 0 Å². The van der Waals surface area contributed by atoms with Crippen molar-refractivity contribution in [2.24, 2.45) is 5.92 Å². The van der Waals surface area contributed by atoms with Crippen molar-refractivity contribution in [3.63, 3.8) is 0 Å². The Balaban J connectivity index is 1.34. The molecule has 0 radical (unpaired) electrons. The van der Waals surface area contributed by atoms with E-state index < -0.39 is 18.2 Å². The second-order valence-corrected chi connectivity index (χ2v) is 10.2. The summed E-state index contributed by atoms with van der Waals surface area (Å²) in [6.45, 7) is 3.67. The number of benzene rings is 3. The maximum Gasteiger partial charge on any atom is 0.319 e. The molecule has 7 heteroatoms. The molecule has 0 spiro atoms. The molecule has 1 aliphatic rings. The summed E-state index contributed by atoms with van der Waals surface area (Å²) in [5.74, 6) is 0.242. The van der Waals surface area contributed by atoms with Crippen molar-refractivity contribution in [3.05, 3.63) is 101 Å². The van der Waals surface area contributed by atoms with E-state index in [1.54, 1.807) is 24.3 Å². The Morgan fingerprint density at radius 3 is 2.37 bits per heavy atom. The van der Waals surface area contributed by atoms with Gasteiger partial charge in [-0.2, -0.15) is 0 Å². The number of hydrogen-bond donors (Lipinski definition) is 3. The molecular formula is C31H36FN3O3. The van der Waals surface area contributed by atoms with E-state index in [9.17, 15) is 19.1 Å². The van der Waals surface area contributed by atoms with Crippen LogP contribution in [-0.2, 0) is 12.8 Å². The van der Waals surface area contributed by atoms with E-state index in [1.807, 2.05) is 42.5 Å². The SMILES string of the molecule is CC(=O)c1cccc(NC(=O)NC(Cc2ccccc2)C(O)CN2CCC(Cc3ccc(F)cc3)CC2)c1. The highest BCUT2D eigenvalue weighted by molar-refractivity contribution is 5.96. The number of nitrogens with zero attached hydrogens (tertiary/aromatic N) is 1. The van der Waals surface area contributed by atoms with Crippen molar-refractivity contribution in [1.29, 1.82) is 0 Å². The summed E-state index contributed by atoms with van der Waals surface area (Å²) in [4.78, 5) is 26.8. The van der Waals surface area contributed by atoms with Gasteiger partial charge in [-0.15, -0.1) is 0 Å². The second kappa shape index (κ2) is 13.3. The number of ketones is 1. The van der Waals surface area contributed by atoms with Gasteiger partial charge in [-0.25, -0.2) is 9.18 Å². The number of rotatable bonds is 10. The van der Waals surface area contributed by atoms with Crippen molar-refractivity contribution in [1.82, 2.24) is 10.2 Å². The summed E-state index contributed by atoms with van der Waals surface area (Å²) in [5, 5.41) is 17.0.